The molecule has 0 bridgehead atoms. The second kappa shape index (κ2) is 1280. The summed E-state index contributed by atoms with van der Waals surface area (Å²) >= 11 is 0. The molecule has 0 aliphatic rings. The number of halogens is 2. The van der Waals surface area contributed by atoms with Gasteiger partial charge in [-0.15, -0.1) is 24.8 Å². The smallest absolute Gasteiger partial charge is 0.147 e. The van der Waals surface area contributed by atoms with Gasteiger partial charge in [-0.2, -0.15) is 0 Å². The standard InChI is InChI=1S/2ClH.H3N.4H2O/h2*1H;1H3;4*1H2. The normalized spacial score (nSPS) is 0. The molecule has 0 atom stereocenters. The molecule has 0 heterocycles. The summed E-state index contributed by atoms with van der Waals surface area (Å²) in [6.07, 6.45) is 0. The zero-order valence-corrected chi connectivity index (χ0v) is 5.16. The van der Waals surface area contributed by atoms with Crippen LogP contribution >= 0.6 is 24.8 Å². The van der Waals surface area contributed by atoms with Gasteiger partial charge in [-0.05, 0) is 0 Å². The molecule has 0 aliphatic carbocycles. The van der Waals surface area contributed by atoms with E-state index in [0.717, 1.165) is 0 Å². The summed E-state index contributed by atoms with van der Waals surface area (Å²) in [5, 5.41) is 0. The van der Waals surface area contributed by atoms with Gasteiger partial charge in [0.05, 0.1) is 0 Å². The lowest BCUT2D eigenvalue weighted by molar-refractivity contribution is 0.823. The van der Waals surface area contributed by atoms with Crippen LogP contribution in [0.15, 0.2) is 0 Å². The van der Waals surface area contributed by atoms with Crippen molar-refractivity contribution in [3.63, 3.8) is 0 Å². The van der Waals surface area contributed by atoms with Gasteiger partial charge in [0.2, 0.25) is 0 Å². The molecular weight excluding hydrogens is 149 g/mol. The molecule has 0 aliphatic heterocycles. The average Bonchev–Trinajstić information content (AvgIpc) is 0. The maximum Gasteiger partial charge on any atom is -0.147 e. The quantitative estimate of drug-likeness (QED) is 0.416. The van der Waals surface area contributed by atoms with Gasteiger partial charge in [0, 0.05) is 0 Å². The maximum atomic E-state index is 0. The second-order valence-electron chi connectivity index (χ2n) is 0. The van der Waals surface area contributed by atoms with Gasteiger partial charge in [0.25, 0.3) is 0 Å². The molecule has 7 heteroatoms. The monoisotopic (exact) mass is 161 g/mol. The minimum atomic E-state index is 0. The molecule has 7 heavy (non-hydrogen) atoms. The fourth-order valence-corrected chi connectivity index (χ4v) is 0. The highest BCUT2D eigenvalue weighted by atomic mass is 35.5. The van der Waals surface area contributed by atoms with E-state index in [1.54, 1.807) is 0 Å². The van der Waals surface area contributed by atoms with E-state index < -0.39 is 0 Å². The van der Waals surface area contributed by atoms with Crippen molar-refractivity contribution in [1.82, 2.24) is 6.15 Å². The fraction of sp³-hybridized carbons (Fsp3) is 0. The minimum absolute atomic E-state index is 0. The maximum absolute atomic E-state index is 0. The van der Waals surface area contributed by atoms with Crippen LogP contribution in [0.3, 0.4) is 0 Å². The van der Waals surface area contributed by atoms with Crippen LogP contribution in [-0.2, 0) is 0 Å². The summed E-state index contributed by atoms with van der Waals surface area (Å²) in [7, 11) is 0. The third kappa shape index (κ3) is 848. The van der Waals surface area contributed by atoms with Gasteiger partial charge in [-0.1, -0.05) is 0 Å². The molecule has 56 valence electrons. The second-order valence-corrected chi connectivity index (χ2v) is 0. The van der Waals surface area contributed by atoms with Crippen molar-refractivity contribution in [1.29, 1.82) is 0 Å². The molecule has 0 aromatic rings. The predicted molar refractivity (Wildman–Crippen MR) is 34.0 cm³/mol. The molecular formula is H13Cl2NO4. The summed E-state index contributed by atoms with van der Waals surface area (Å²) in [5.74, 6) is 0. The first kappa shape index (κ1) is 2080. The zero-order chi connectivity index (χ0) is 0. The van der Waals surface area contributed by atoms with Crippen LogP contribution in [0.2, 0.25) is 0 Å². The fourth-order valence-electron chi connectivity index (χ4n) is 0. The van der Waals surface area contributed by atoms with Crippen LogP contribution in [0.1, 0.15) is 0 Å². The summed E-state index contributed by atoms with van der Waals surface area (Å²) in [4.78, 5) is 0. The van der Waals surface area contributed by atoms with E-state index in [1.165, 1.54) is 0 Å². The highest BCUT2D eigenvalue weighted by Crippen LogP contribution is 0.691. The van der Waals surface area contributed by atoms with Gasteiger partial charge >= 0.3 is 0 Å². The van der Waals surface area contributed by atoms with Crippen LogP contribution in [0, 0.1) is 0 Å². The molecule has 0 saturated heterocycles. The lowest BCUT2D eigenvalue weighted by Crippen LogP contribution is -0.481. The Morgan fingerprint density at radius 1 is 0.429 bits per heavy atom. The Hall–Kier alpha value is 0.380. The molecule has 11 N–H and O–H groups in total. The average molecular weight is 162 g/mol. The molecule has 5 nitrogen and oxygen atoms in total. The van der Waals surface area contributed by atoms with E-state index >= 15 is 0 Å². The van der Waals surface area contributed by atoms with Crippen molar-refractivity contribution in [3.05, 3.63) is 0 Å². The lowest BCUT2D eigenvalue weighted by atomic mass is 14.0. The Morgan fingerprint density at radius 2 is 0.429 bits per heavy atom. The van der Waals surface area contributed by atoms with Gasteiger partial charge in [-0.25, -0.2) is 0 Å². The van der Waals surface area contributed by atoms with E-state index in [1.807, 2.05) is 0 Å². The van der Waals surface area contributed by atoms with Crippen LogP contribution in [0.25, 0.3) is 0 Å². The summed E-state index contributed by atoms with van der Waals surface area (Å²) in [6.45, 7) is 0. The van der Waals surface area contributed by atoms with Crippen molar-refractivity contribution >= 4 is 24.8 Å². The lowest BCUT2D eigenvalue weighted by Gasteiger charge is -0.413. The Labute approximate surface area is 53.7 Å². The van der Waals surface area contributed by atoms with Gasteiger partial charge in [-0.3, -0.25) is 0 Å². The Balaban J connectivity index is 0. The van der Waals surface area contributed by atoms with Gasteiger partial charge in [0.1, 0.15) is 0 Å². The van der Waals surface area contributed by atoms with E-state index in [-0.39, 0.29) is 52.9 Å². The summed E-state index contributed by atoms with van der Waals surface area (Å²) in [5.41, 5.74) is 0. The first-order valence-electron chi connectivity index (χ1n) is 0. The van der Waals surface area contributed by atoms with Crippen LogP contribution in [-0.4, -0.2) is 21.9 Å². The molecule has 0 spiro atoms. The van der Waals surface area contributed by atoms with Crippen molar-refractivity contribution in [2.24, 2.45) is 0 Å². The van der Waals surface area contributed by atoms with Crippen molar-refractivity contribution < 1.29 is 21.9 Å². The molecule has 0 unspecified atom stereocenters. The van der Waals surface area contributed by atoms with Crippen molar-refractivity contribution in [3.8, 4) is 0 Å². The van der Waals surface area contributed by atoms with Crippen LogP contribution in [0.4, 0.5) is 0 Å². The predicted octanol–water partition coefficient (Wildman–Crippen LogP) is -2.29. The molecule has 0 fully saturated rings. The largest absolute Gasteiger partial charge is 0.412 e. The summed E-state index contributed by atoms with van der Waals surface area (Å²) < 4.78 is 0. The van der Waals surface area contributed by atoms with Crippen molar-refractivity contribution in [2.45, 2.75) is 0 Å². The van der Waals surface area contributed by atoms with Crippen LogP contribution in [0.5, 0.6) is 0 Å². The first-order valence-corrected chi connectivity index (χ1v) is 0. The molecule has 0 amide bonds. The third-order valence-electron chi connectivity index (χ3n) is 0. The van der Waals surface area contributed by atoms with E-state index in [0.29, 0.717) is 0 Å². The van der Waals surface area contributed by atoms with Crippen LogP contribution < -0.4 is 6.15 Å². The highest BCUT2D eigenvalue weighted by Gasteiger charge is -0.146. The SMILES string of the molecule is Cl.Cl.N.O.O.O.O. The van der Waals surface area contributed by atoms with Gasteiger partial charge in [0.15, 0.2) is 0 Å². The molecule has 0 aromatic heterocycles. The number of hydrogen-bond donors (Lipinski definition) is 1. The van der Waals surface area contributed by atoms with Crippen molar-refractivity contribution in [2.75, 3.05) is 0 Å². The number of hydrogen-bond acceptors (Lipinski definition) is 1. The van der Waals surface area contributed by atoms with E-state index in [2.05, 4.69) is 0 Å². The Morgan fingerprint density at radius 3 is 0.429 bits per heavy atom. The van der Waals surface area contributed by atoms with E-state index in [9.17, 15) is 0 Å². The molecule has 0 rings (SSSR count). The zero-order valence-electron chi connectivity index (χ0n) is 3.52. The minimum Gasteiger partial charge on any atom is -0.412 e. The topological polar surface area (TPSA) is 161 Å². The molecule has 0 radical (unpaired) electrons. The third-order valence-corrected chi connectivity index (χ3v) is 0. The highest BCUT2D eigenvalue weighted by molar-refractivity contribution is 5.85. The first-order chi connectivity index (χ1) is 0. The number of rotatable bonds is 0. The Bertz CT molecular complexity index is 9.65. The summed E-state index contributed by atoms with van der Waals surface area (Å²) in [6, 6.07) is 0. The van der Waals surface area contributed by atoms with E-state index in [4.69, 9.17) is 0 Å². The van der Waals surface area contributed by atoms with Gasteiger partial charge < -0.3 is 28.1 Å². The Kier molecular flexibility index (Phi) is 380000. The molecule has 0 aromatic carbocycles. The molecule has 0 saturated carbocycles.